The third-order valence-corrected chi connectivity index (χ3v) is 4.09. The number of aryl methyl sites for hydroxylation is 1. The number of thioether (sulfide) groups is 1. The molecule has 0 aliphatic rings. The molecule has 0 fully saturated rings. The van der Waals surface area contributed by atoms with Crippen molar-refractivity contribution in [3.63, 3.8) is 0 Å². The van der Waals surface area contributed by atoms with Gasteiger partial charge in [-0.1, -0.05) is 40.2 Å². The monoisotopic (exact) mass is 299 g/mol. The molecule has 0 saturated heterocycles. The third kappa shape index (κ3) is 6.44. The standard InChI is InChI=1S/C14H20FNOS.C2H6/c1-4-5-6-14(11(3)16-17)18-12-7-8-13(15)10(2)9-12;1-2/h7-9,14,16-17H,3-6H2,1-2H3;1-2H3. The second kappa shape index (κ2) is 10.7. The highest BCUT2D eigenvalue weighted by Crippen LogP contribution is 2.30. The van der Waals surface area contributed by atoms with E-state index >= 15 is 0 Å². The van der Waals surface area contributed by atoms with Crippen LogP contribution in [0.4, 0.5) is 4.39 Å². The van der Waals surface area contributed by atoms with Crippen LogP contribution in [0.5, 0.6) is 0 Å². The van der Waals surface area contributed by atoms with Crippen LogP contribution < -0.4 is 5.48 Å². The maximum atomic E-state index is 13.2. The molecule has 114 valence electrons. The molecule has 0 saturated carbocycles. The maximum Gasteiger partial charge on any atom is 0.126 e. The summed E-state index contributed by atoms with van der Waals surface area (Å²) in [5.41, 5.74) is 3.36. The zero-order valence-electron chi connectivity index (χ0n) is 12.9. The zero-order chi connectivity index (χ0) is 15.5. The van der Waals surface area contributed by atoms with E-state index in [1.165, 1.54) is 6.07 Å². The van der Waals surface area contributed by atoms with Crippen LogP contribution in [-0.2, 0) is 0 Å². The third-order valence-electron chi connectivity index (χ3n) is 2.76. The van der Waals surface area contributed by atoms with E-state index < -0.39 is 0 Å². The fourth-order valence-corrected chi connectivity index (χ4v) is 2.82. The number of hydroxylamine groups is 1. The molecule has 0 bridgehead atoms. The molecule has 0 amide bonds. The van der Waals surface area contributed by atoms with E-state index in [4.69, 9.17) is 5.21 Å². The summed E-state index contributed by atoms with van der Waals surface area (Å²) in [6, 6.07) is 5.06. The summed E-state index contributed by atoms with van der Waals surface area (Å²) in [6.07, 6.45) is 3.10. The number of nitrogens with one attached hydrogen (secondary N) is 1. The van der Waals surface area contributed by atoms with Gasteiger partial charge in [0.2, 0.25) is 0 Å². The van der Waals surface area contributed by atoms with E-state index in [0.717, 1.165) is 24.2 Å². The first-order valence-electron chi connectivity index (χ1n) is 7.10. The van der Waals surface area contributed by atoms with Gasteiger partial charge in [0, 0.05) is 10.6 Å². The van der Waals surface area contributed by atoms with Crippen molar-refractivity contribution in [2.45, 2.75) is 57.1 Å². The smallest absolute Gasteiger partial charge is 0.126 e. The van der Waals surface area contributed by atoms with Crippen molar-refractivity contribution in [2.75, 3.05) is 0 Å². The lowest BCUT2D eigenvalue weighted by molar-refractivity contribution is 0.197. The maximum absolute atomic E-state index is 13.2. The fourth-order valence-electron chi connectivity index (χ4n) is 1.62. The van der Waals surface area contributed by atoms with Crippen LogP contribution >= 0.6 is 11.8 Å². The lowest BCUT2D eigenvalue weighted by atomic mass is 10.2. The largest absolute Gasteiger partial charge is 0.291 e. The Labute approximate surface area is 126 Å². The summed E-state index contributed by atoms with van der Waals surface area (Å²) >= 11 is 1.60. The van der Waals surface area contributed by atoms with Crippen molar-refractivity contribution in [1.82, 2.24) is 5.48 Å². The first kappa shape index (κ1) is 19.0. The van der Waals surface area contributed by atoms with Gasteiger partial charge in [0.25, 0.3) is 0 Å². The molecule has 0 aliphatic heterocycles. The van der Waals surface area contributed by atoms with Crippen LogP contribution in [0.1, 0.15) is 45.6 Å². The average Bonchev–Trinajstić information content (AvgIpc) is 2.48. The van der Waals surface area contributed by atoms with Crippen LogP contribution in [-0.4, -0.2) is 10.5 Å². The highest BCUT2D eigenvalue weighted by molar-refractivity contribution is 8.00. The van der Waals surface area contributed by atoms with Gasteiger partial charge in [-0.2, -0.15) is 0 Å². The van der Waals surface area contributed by atoms with Crippen molar-refractivity contribution < 1.29 is 9.60 Å². The van der Waals surface area contributed by atoms with Crippen LogP contribution in [0.25, 0.3) is 0 Å². The molecular weight excluding hydrogens is 273 g/mol. The molecule has 1 unspecified atom stereocenters. The molecule has 1 rings (SSSR count). The van der Waals surface area contributed by atoms with Crippen LogP contribution in [0.3, 0.4) is 0 Å². The highest BCUT2D eigenvalue weighted by Gasteiger charge is 2.14. The predicted molar refractivity (Wildman–Crippen MR) is 85.7 cm³/mol. The molecule has 4 heteroatoms. The van der Waals surface area contributed by atoms with Crippen molar-refractivity contribution in [2.24, 2.45) is 0 Å². The molecular formula is C16H26FNOS. The Hall–Kier alpha value is -1.00. The number of rotatable bonds is 7. The van der Waals surface area contributed by atoms with Crippen LogP contribution in [0.15, 0.2) is 35.4 Å². The molecule has 2 nitrogen and oxygen atoms in total. The molecule has 20 heavy (non-hydrogen) atoms. The normalized spacial score (nSPS) is 11.3. The second-order valence-electron chi connectivity index (χ2n) is 4.30. The van der Waals surface area contributed by atoms with Gasteiger partial charge < -0.3 is 0 Å². The summed E-state index contributed by atoms with van der Waals surface area (Å²) in [5, 5.41) is 9.06. The van der Waals surface area contributed by atoms with E-state index in [1.807, 2.05) is 19.9 Å². The number of hydrogen-bond acceptors (Lipinski definition) is 3. The Bertz CT molecular complexity index is 409. The SMILES string of the molecule is C=C(NO)C(CCCC)Sc1ccc(F)c(C)c1.CC. The van der Waals surface area contributed by atoms with Crippen molar-refractivity contribution >= 4 is 11.8 Å². The number of benzene rings is 1. The van der Waals surface area contributed by atoms with Crippen LogP contribution in [0, 0.1) is 12.7 Å². The minimum Gasteiger partial charge on any atom is -0.291 e. The van der Waals surface area contributed by atoms with E-state index in [0.29, 0.717) is 11.3 Å². The second-order valence-corrected chi connectivity index (χ2v) is 5.57. The van der Waals surface area contributed by atoms with Gasteiger partial charge in [-0.05, 0) is 37.1 Å². The van der Waals surface area contributed by atoms with Crippen molar-refractivity contribution in [3.8, 4) is 0 Å². The topological polar surface area (TPSA) is 32.3 Å². The van der Waals surface area contributed by atoms with Gasteiger partial charge in [-0.15, -0.1) is 11.8 Å². The van der Waals surface area contributed by atoms with Gasteiger partial charge in [0.05, 0.1) is 5.25 Å². The Morgan fingerprint density at radius 2 is 2.10 bits per heavy atom. The fraction of sp³-hybridized carbons (Fsp3) is 0.500. The van der Waals surface area contributed by atoms with Crippen molar-refractivity contribution in [3.05, 3.63) is 41.9 Å². The van der Waals surface area contributed by atoms with Gasteiger partial charge in [0.1, 0.15) is 5.82 Å². The summed E-state index contributed by atoms with van der Waals surface area (Å²) < 4.78 is 13.2. The highest BCUT2D eigenvalue weighted by atomic mass is 32.2. The molecule has 0 aromatic heterocycles. The summed E-state index contributed by atoms with van der Waals surface area (Å²) in [7, 11) is 0. The number of unbranched alkanes of at least 4 members (excludes halogenated alkanes) is 1. The molecule has 0 heterocycles. The Morgan fingerprint density at radius 1 is 1.45 bits per heavy atom. The number of halogens is 1. The van der Waals surface area contributed by atoms with Gasteiger partial charge in [-0.25, -0.2) is 4.39 Å². The first-order chi connectivity index (χ1) is 9.58. The molecule has 1 aromatic rings. The molecule has 0 aliphatic carbocycles. The molecule has 0 radical (unpaired) electrons. The van der Waals surface area contributed by atoms with Gasteiger partial charge in [0.15, 0.2) is 0 Å². The zero-order valence-corrected chi connectivity index (χ0v) is 13.7. The predicted octanol–water partition coefficient (Wildman–Crippen LogP) is 5.30. The van der Waals surface area contributed by atoms with Crippen LogP contribution in [0.2, 0.25) is 0 Å². The first-order valence-corrected chi connectivity index (χ1v) is 7.98. The minimum absolute atomic E-state index is 0.0970. The Morgan fingerprint density at radius 3 is 2.60 bits per heavy atom. The summed E-state index contributed by atoms with van der Waals surface area (Å²) in [6.45, 7) is 11.7. The van der Waals surface area contributed by atoms with E-state index in [1.54, 1.807) is 24.8 Å². The Balaban J connectivity index is 0.00000172. The molecule has 1 atom stereocenters. The minimum atomic E-state index is -0.191. The van der Waals surface area contributed by atoms with Gasteiger partial charge in [-0.3, -0.25) is 10.7 Å². The van der Waals surface area contributed by atoms with E-state index in [9.17, 15) is 4.39 Å². The molecule has 2 N–H and O–H groups in total. The van der Waals surface area contributed by atoms with Crippen molar-refractivity contribution in [1.29, 1.82) is 0 Å². The average molecular weight is 299 g/mol. The van der Waals surface area contributed by atoms with E-state index in [-0.39, 0.29) is 11.1 Å². The summed E-state index contributed by atoms with van der Waals surface area (Å²) in [5.74, 6) is -0.191. The molecule has 1 aromatic carbocycles. The lowest BCUT2D eigenvalue weighted by Crippen LogP contribution is -2.18. The molecule has 0 spiro atoms. The lowest BCUT2D eigenvalue weighted by Gasteiger charge is -2.18. The van der Waals surface area contributed by atoms with E-state index in [2.05, 4.69) is 19.0 Å². The quantitative estimate of drug-likeness (QED) is 0.529. The number of hydrogen-bond donors (Lipinski definition) is 2. The van der Waals surface area contributed by atoms with Gasteiger partial charge >= 0.3 is 0 Å². The Kier molecular flexibility index (Phi) is 10.2. The summed E-state index contributed by atoms with van der Waals surface area (Å²) in [4.78, 5) is 0.992.